The average molecular weight is 237 g/mol. The third-order valence-electron chi connectivity index (χ3n) is 1.68. The van der Waals surface area contributed by atoms with Crippen LogP contribution in [0.2, 0.25) is 0 Å². The van der Waals surface area contributed by atoms with Crippen molar-refractivity contribution in [1.82, 2.24) is 5.48 Å². The molecule has 0 bridgehead atoms. The van der Waals surface area contributed by atoms with Crippen LogP contribution in [0.15, 0.2) is 18.2 Å². The molecule has 0 saturated carbocycles. The first kappa shape index (κ1) is 12.4. The highest BCUT2D eigenvalue weighted by Crippen LogP contribution is 2.30. The fourth-order valence-corrected chi connectivity index (χ4v) is 1.04. The summed E-state index contributed by atoms with van der Waals surface area (Å²) in [5.41, 5.74) is 0.103. The van der Waals surface area contributed by atoms with E-state index in [1.165, 1.54) is 0 Å². The summed E-state index contributed by atoms with van der Waals surface area (Å²) in [4.78, 5) is 15.3. The molecule has 1 aromatic carbocycles. The van der Waals surface area contributed by atoms with Gasteiger partial charge in [-0.25, -0.2) is 9.87 Å². The lowest BCUT2D eigenvalue weighted by Gasteiger charge is -2.08. The number of nitrogens with one attached hydrogen (secondary N) is 1. The monoisotopic (exact) mass is 237 g/mol. The van der Waals surface area contributed by atoms with E-state index in [0.717, 1.165) is 7.11 Å². The summed E-state index contributed by atoms with van der Waals surface area (Å²) in [6.07, 6.45) is -4.70. The molecule has 1 amide bonds. The van der Waals surface area contributed by atoms with Crippen molar-refractivity contribution in [3.63, 3.8) is 0 Å². The van der Waals surface area contributed by atoms with E-state index in [1.807, 2.05) is 0 Å². The number of benzene rings is 1. The fourth-order valence-electron chi connectivity index (χ4n) is 1.04. The number of hydrogen-bond donors (Lipinski definition) is 1. The van der Waals surface area contributed by atoms with Crippen molar-refractivity contribution in [2.45, 2.75) is 6.18 Å². The Balaban J connectivity index is 3.13. The summed E-state index contributed by atoms with van der Waals surface area (Å²) in [5, 5.41) is 0. The molecular weight excluding hydrogens is 230 g/mol. The molecule has 0 aliphatic heterocycles. The van der Waals surface area contributed by atoms with Gasteiger partial charge in [-0.15, -0.1) is 0 Å². The number of rotatable bonds is 2. The number of carbonyl (C=O) groups is 1. The maximum atomic E-state index is 12.8. The Bertz CT molecular complexity index is 403. The van der Waals surface area contributed by atoms with E-state index in [9.17, 15) is 22.4 Å². The van der Waals surface area contributed by atoms with Gasteiger partial charge in [0.15, 0.2) is 0 Å². The minimum atomic E-state index is -4.70. The normalized spacial score (nSPS) is 11.3. The minimum Gasteiger partial charge on any atom is -0.277 e. The molecule has 0 fully saturated rings. The molecule has 0 aliphatic carbocycles. The molecule has 1 rings (SSSR count). The van der Waals surface area contributed by atoms with Gasteiger partial charge < -0.3 is 0 Å². The first-order chi connectivity index (χ1) is 7.34. The van der Waals surface area contributed by atoms with Crippen LogP contribution >= 0.6 is 0 Å². The Morgan fingerprint density at radius 2 is 1.94 bits per heavy atom. The summed E-state index contributed by atoms with van der Waals surface area (Å²) in [6.45, 7) is 0. The van der Waals surface area contributed by atoms with Crippen molar-refractivity contribution in [2.24, 2.45) is 0 Å². The maximum absolute atomic E-state index is 12.8. The zero-order valence-corrected chi connectivity index (χ0v) is 8.06. The SMILES string of the molecule is CONC(=O)c1cc(F)cc(C(F)(F)F)c1. The summed E-state index contributed by atoms with van der Waals surface area (Å²) in [6, 6.07) is 1.53. The van der Waals surface area contributed by atoms with Gasteiger partial charge in [0.25, 0.3) is 5.91 Å². The van der Waals surface area contributed by atoms with E-state index in [-0.39, 0.29) is 0 Å². The Morgan fingerprint density at radius 1 is 1.31 bits per heavy atom. The van der Waals surface area contributed by atoms with Gasteiger partial charge in [-0.2, -0.15) is 13.2 Å². The van der Waals surface area contributed by atoms with Crippen molar-refractivity contribution < 1.29 is 27.2 Å². The van der Waals surface area contributed by atoms with E-state index >= 15 is 0 Å². The van der Waals surface area contributed by atoms with Gasteiger partial charge in [0.05, 0.1) is 12.7 Å². The maximum Gasteiger partial charge on any atom is 0.416 e. The van der Waals surface area contributed by atoms with Crippen molar-refractivity contribution in [1.29, 1.82) is 0 Å². The Labute approximate surface area is 88.0 Å². The number of carbonyl (C=O) groups excluding carboxylic acids is 1. The first-order valence-corrected chi connectivity index (χ1v) is 4.05. The molecule has 0 spiro atoms. The topological polar surface area (TPSA) is 38.3 Å². The van der Waals surface area contributed by atoms with Gasteiger partial charge in [0.1, 0.15) is 5.82 Å². The molecule has 3 nitrogen and oxygen atoms in total. The largest absolute Gasteiger partial charge is 0.416 e. The van der Waals surface area contributed by atoms with Crippen LogP contribution in [0.4, 0.5) is 17.6 Å². The number of alkyl halides is 3. The lowest BCUT2D eigenvalue weighted by Crippen LogP contribution is -2.22. The predicted octanol–water partition coefficient (Wildman–Crippen LogP) is 2.14. The molecule has 1 N–H and O–H groups in total. The standard InChI is InChI=1S/C9H7F4NO2/c1-16-14-8(15)5-2-6(9(11,12)13)4-7(10)3-5/h2-4H,1H3,(H,14,15). The predicted molar refractivity (Wildman–Crippen MR) is 45.9 cm³/mol. The van der Waals surface area contributed by atoms with Crippen LogP contribution in [-0.4, -0.2) is 13.0 Å². The Morgan fingerprint density at radius 3 is 2.44 bits per heavy atom. The van der Waals surface area contributed by atoms with Gasteiger partial charge in [0.2, 0.25) is 0 Å². The molecule has 1 aromatic rings. The minimum absolute atomic E-state index is 0.309. The van der Waals surface area contributed by atoms with Gasteiger partial charge in [-0.05, 0) is 18.2 Å². The quantitative estimate of drug-likeness (QED) is 0.632. The number of halogens is 4. The van der Waals surface area contributed by atoms with E-state index in [2.05, 4.69) is 4.84 Å². The van der Waals surface area contributed by atoms with Gasteiger partial charge in [0, 0.05) is 5.56 Å². The second-order valence-electron chi connectivity index (χ2n) is 2.86. The van der Waals surface area contributed by atoms with Crippen LogP contribution in [0.1, 0.15) is 15.9 Å². The average Bonchev–Trinajstić information content (AvgIpc) is 2.16. The van der Waals surface area contributed by atoms with Crippen LogP contribution < -0.4 is 5.48 Å². The Hall–Kier alpha value is -1.63. The van der Waals surface area contributed by atoms with Gasteiger partial charge in [-0.3, -0.25) is 9.63 Å². The summed E-state index contributed by atoms with van der Waals surface area (Å²) >= 11 is 0. The highest BCUT2D eigenvalue weighted by atomic mass is 19.4. The van der Waals surface area contributed by atoms with E-state index in [4.69, 9.17) is 0 Å². The van der Waals surface area contributed by atoms with Gasteiger partial charge >= 0.3 is 6.18 Å². The number of hydrogen-bond acceptors (Lipinski definition) is 2. The second-order valence-corrected chi connectivity index (χ2v) is 2.86. The van der Waals surface area contributed by atoms with E-state index < -0.39 is 29.0 Å². The van der Waals surface area contributed by atoms with Crippen molar-refractivity contribution in [3.8, 4) is 0 Å². The molecular formula is C9H7F4NO2. The summed E-state index contributed by atoms with van der Waals surface area (Å²) < 4.78 is 49.6. The van der Waals surface area contributed by atoms with E-state index in [0.29, 0.717) is 18.2 Å². The third kappa shape index (κ3) is 2.93. The number of hydroxylamine groups is 1. The van der Waals surface area contributed by atoms with Gasteiger partial charge in [-0.1, -0.05) is 0 Å². The molecule has 0 atom stereocenters. The molecule has 0 aromatic heterocycles. The molecule has 0 unspecified atom stereocenters. The molecule has 16 heavy (non-hydrogen) atoms. The molecule has 7 heteroatoms. The van der Waals surface area contributed by atoms with Crippen molar-refractivity contribution in [3.05, 3.63) is 35.1 Å². The smallest absolute Gasteiger partial charge is 0.277 e. The van der Waals surface area contributed by atoms with Crippen LogP contribution in [0.5, 0.6) is 0 Å². The van der Waals surface area contributed by atoms with Crippen LogP contribution in [0.25, 0.3) is 0 Å². The molecule has 0 saturated heterocycles. The molecule has 88 valence electrons. The zero-order valence-electron chi connectivity index (χ0n) is 8.06. The zero-order chi connectivity index (χ0) is 12.3. The summed E-state index contributed by atoms with van der Waals surface area (Å²) in [5.74, 6) is -2.09. The molecule has 0 heterocycles. The number of amides is 1. The van der Waals surface area contributed by atoms with Crippen LogP contribution in [0.3, 0.4) is 0 Å². The van der Waals surface area contributed by atoms with Crippen LogP contribution in [-0.2, 0) is 11.0 Å². The van der Waals surface area contributed by atoms with Crippen molar-refractivity contribution >= 4 is 5.91 Å². The highest BCUT2D eigenvalue weighted by molar-refractivity contribution is 5.93. The second kappa shape index (κ2) is 4.48. The van der Waals surface area contributed by atoms with Crippen molar-refractivity contribution in [2.75, 3.05) is 7.11 Å². The Kier molecular flexibility index (Phi) is 3.48. The molecule has 0 aliphatic rings. The lowest BCUT2D eigenvalue weighted by molar-refractivity contribution is -0.137. The third-order valence-corrected chi connectivity index (χ3v) is 1.68. The van der Waals surface area contributed by atoms with E-state index in [1.54, 1.807) is 5.48 Å². The van der Waals surface area contributed by atoms with Crippen LogP contribution in [0, 0.1) is 5.82 Å². The molecule has 0 radical (unpaired) electrons. The first-order valence-electron chi connectivity index (χ1n) is 4.05. The lowest BCUT2D eigenvalue weighted by atomic mass is 10.1. The highest BCUT2D eigenvalue weighted by Gasteiger charge is 2.31. The summed E-state index contributed by atoms with van der Waals surface area (Å²) in [7, 11) is 1.11. The fraction of sp³-hybridized carbons (Fsp3) is 0.222.